The molecule has 0 heterocycles. The largest absolute Gasteiger partial charge is 0.134 e. The maximum Gasteiger partial charge on any atom is -0.0140 e. The highest BCUT2D eigenvalue weighted by molar-refractivity contribution is 8.02. The summed E-state index contributed by atoms with van der Waals surface area (Å²) < 4.78 is 0. The zero-order valence-electron chi connectivity index (χ0n) is 8.52. The molecular weight excluding hydrogens is 164 g/mol. The Morgan fingerprint density at radius 2 is 1.92 bits per heavy atom. The van der Waals surface area contributed by atoms with E-state index in [2.05, 4.69) is 20.1 Å². The van der Waals surface area contributed by atoms with Crippen LogP contribution in [0.2, 0.25) is 0 Å². The van der Waals surface area contributed by atoms with Crippen LogP contribution in [0.15, 0.2) is 10.5 Å². The van der Waals surface area contributed by atoms with Crippen molar-refractivity contribution in [1.29, 1.82) is 0 Å². The van der Waals surface area contributed by atoms with Crippen LogP contribution < -0.4 is 0 Å². The van der Waals surface area contributed by atoms with E-state index in [1.165, 1.54) is 32.1 Å². The fourth-order valence-corrected chi connectivity index (χ4v) is 2.72. The van der Waals surface area contributed by atoms with E-state index in [0.29, 0.717) is 0 Å². The molecule has 0 atom stereocenters. The third-order valence-electron chi connectivity index (χ3n) is 2.43. The van der Waals surface area contributed by atoms with Gasteiger partial charge in [0.15, 0.2) is 0 Å². The minimum absolute atomic E-state index is 0.834. The molecule has 1 aliphatic carbocycles. The monoisotopic (exact) mass is 184 g/mol. The molecular formula is C11H20S. The molecule has 1 heteroatoms. The Bertz CT molecular complexity index is 168. The van der Waals surface area contributed by atoms with Crippen LogP contribution in [0.5, 0.6) is 0 Å². The zero-order chi connectivity index (χ0) is 8.97. The van der Waals surface area contributed by atoms with Gasteiger partial charge in [-0.3, -0.25) is 0 Å². The molecule has 0 radical (unpaired) electrons. The fraction of sp³-hybridized carbons (Fsp3) is 0.818. The van der Waals surface area contributed by atoms with Crippen LogP contribution in [0.25, 0.3) is 0 Å². The molecule has 1 rings (SSSR count). The molecule has 1 aliphatic rings. The van der Waals surface area contributed by atoms with Gasteiger partial charge < -0.3 is 0 Å². The maximum absolute atomic E-state index is 2.32. The van der Waals surface area contributed by atoms with Crippen LogP contribution in [-0.4, -0.2) is 6.26 Å². The van der Waals surface area contributed by atoms with E-state index in [1.54, 1.807) is 10.5 Å². The van der Waals surface area contributed by atoms with Crippen molar-refractivity contribution in [3.05, 3.63) is 10.5 Å². The Morgan fingerprint density at radius 1 is 1.25 bits per heavy atom. The van der Waals surface area contributed by atoms with E-state index in [9.17, 15) is 0 Å². The summed E-state index contributed by atoms with van der Waals surface area (Å²) in [4.78, 5) is 1.69. The van der Waals surface area contributed by atoms with Crippen LogP contribution in [0.1, 0.15) is 46.0 Å². The van der Waals surface area contributed by atoms with E-state index >= 15 is 0 Å². The smallest absolute Gasteiger partial charge is 0.0140 e. The SMILES string of the molecule is CSC1=C(CC(C)C)CCCC1. The van der Waals surface area contributed by atoms with Crippen molar-refractivity contribution >= 4 is 11.8 Å². The Balaban J connectivity index is 2.60. The van der Waals surface area contributed by atoms with E-state index in [-0.39, 0.29) is 0 Å². The second-order valence-corrected chi connectivity index (χ2v) is 4.94. The first-order valence-electron chi connectivity index (χ1n) is 4.99. The van der Waals surface area contributed by atoms with Gasteiger partial charge in [0.05, 0.1) is 0 Å². The van der Waals surface area contributed by atoms with Gasteiger partial charge >= 0.3 is 0 Å². The van der Waals surface area contributed by atoms with Gasteiger partial charge in [0.1, 0.15) is 0 Å². The highest BCUT2D eigenvalue weighted by Crippen LogP contribution is 2.34. The molecule has 0 amide bonds. The second kappa shape index (κ2) is 4.96. The summed E-state index contributed by atoms with van der Waals surface area (Å²) >= 11 is 1.98. The summed E-state index contributed by atoms with van der Waals surface area (Å²) in [5.74, 6) is 0.834. The van der Waals surface area contributed by atoms with E-state index in [0.717, 1.165) is 5.92 Å². The van der Waals surface area contributed by atoms with Crippen molar-refractivity contribution in [2.24, 2.45) is 5.92 Å². The summed E-state index contributed by atoms with van der Waals surface area (Å²) in [5, 5.41) is 0. The standard InChI is InChI=1S/C11H20S/c1-9(2)8-10-6-4-5-7-11(10)12-3/h9H,4-8H2,1-3H3. The molecule has 0 aliphatic heterocycles. The van der Waals surface area contributed by atoms with Crippen LogP contribution >= 0.6 is 11.8 Å². The third kappa shape index (κ3) is 2.85. The van der Waals surface area contributed by atoms with E-state index in [4.69, 9.17) is 0 Å². The van der Waals surface area contributed by atoms with Crippen LogP contribution in [0.4, 0.5) is 0 Å². The molecule has 70 valence electrons. The normalized spacial score (nSPS) is 19.0. The van der Waals surface area contributed by atoms with Crippen molar-refractivity contribution in [2.45, 2.75) is 46.0 Å². The summed E-state index contributed by atoms with van der Waals surface area (Å²) in [6.07, 6.45) is 9.11. The molecule has 0 saturated carbocycles. The van der Waals surface area contributed by atoms with Crippen molar-refractivity contribution in [2.75, 3.05) is 6.26 Å². The van der Waals surface area contributed by atoms with Gasteiger partial charge in [0.25, 0.3) is 0 Å². The van der Waals surface area contributed by atoms with Crippen molar-refractivity contribution in [3.63, 3.8) is 0 Å². The van der Waals surface area contributed by atoms with E-state index < -0.39 is 0 Å². The molecule has 0 fully saturated rings. The molecule has 0 N–H and O–H groups in total. The predicted molar refractivity (Wildman–Crippen MR) is 58.5 cm³/mol. The first kappa shape index (κ1) is 10.2. The number of hydrogen-bond acceptors (Lipinski definition) is 1. The molecule has 0 unspecified atom stereocenters. The maximum atomic E-state index is 2.32. The average molecular weight is 184 g/mol. The van der Waals surface area contributed by atoms with Gasteiger partial charge in [-0.1, -0.05) is 19.4 Å². The summed E-state index contributed by atoms with van der Waals surface area (Å²) in [5.41, 5.74) is 1.75. The quantitative estimate of drug-likeness (QED) is 0.632. The Hall–Kier alpha value is 0.0900. The number of thioether (sulfide) groups is 1. The first-order chi connectivity index (χ1) is 5.74. The lowest BCUT2D eigenvalue weighted by atomic mass is 9.92. The number of rotatable bonds is 3. The second-order valence-electron chi connectivity index (χ2n) is 4.04. The summed E-state index contributed by atoms with van der Waals surface area (Å²) in [6, 6.07) is 0. The van der Waals surface area contributed by atoms with Crippen molar-refractivity contribution in [3.8, 4) is 0 Å². The molecule has 0 spiro atoms. The molecule has 0 aromatic rings. The molecule has 0 aromatic heterocycles. The minimum Gasteiger partial charge on any atom is -0.134 e. The molecule has 0 bridgehead atoms. The van der Waals surface area contributed by atoms with Gasteiger partial charge in [-0.2, -0.15) is 0 Å². The third-order valence-corrected chi connectivity index (χ3v) is 3.41. The van der Waals surface area contributed by atoms with Crippen LogP contribution in [-0.2, 0) is 0 Å². The molecule has 12 heavy (non-hydrogen) atoms. The van der Waals surface area contributed by atoms with Gasteiger partial charge in [0.2, 0.25) is 0 Å². The summed E-state index contributed by atoms with van der Waals surface area (Å²) in [7, 11) is 0. The molecule has 0 saturated heterocycles. The lowest BCUT2D eigenvalue weighted by Crippen LogP contribution is -2.00. The van der Waals surface area contributed by atoms with Crippen molar-refractivity contribution in [1.82, 2.24) is 0 Å². The lowest BCUT2D eigenvalue weighted by Gasteiger charge is -2.20. The van der Waals surface area contributed by atoms with Crippen molar-refractivity contribution < 1.29 is 0 Å². The predicted octanol–water partition coefficient (Wildman–Crippen LogP) is 4.22. The topological polar surface area (TPSA) is 0 Å². The number of allylic oxidation sites excluding steroid dienone is 2. The number of hydrogen-bond donors (Lipinski definition) is 0. The van der Waals surface area contributed by atoms with Gasteiger partial charge in [-0.15, -0.1) is 11.8 Å². The van der Waals surface area contributed by atoms with Gasteiger partial charge in [-0.25, -0.2) is 0 Å². The van der Waals surface area contributed by atoms with Crippen LogP contribution in [0, 0.1) is 5.92 Å². The average Bonchev–Trinajstić information content (AvgIpc) is 2.04. The Labute approximate surface area is 80.8 Å². The molecule has 0 nitrogen and oxygen atoms in total. The fourth-order valence-electron chi connectivity index (χ4n) is 1.90. The highest BCUT2D eigenvalue weighted by Gasteiger charge is 2.12. The first-order valence-corrected chi connectivity index (χ1v) is 6.21. The highest BCUT2D eigenvalue weighted by atomic mass is 32.2. The Morgan fingerprint density at radius 3 is 2.50 bits per heavy atom. The Kier molecular flexibility index (Phi) is 4.20. The molecule has 0 aromatic carbocycles. The zero-order valence-corrected chi connectivity index (χ0v) is 9.34. The van der Waals surface area contributed by atoms with Crippen LogP contribution in [0.3, 0.4) is 0 Å². The van der Waals surface area contributed by atoms with Gasteiger partial charge in [0, 0.05) is 0 Å². The van der Waals surface area contributed by atoms with Gasteiger partial charge in [-0.05, 0) is 49.2 Å². The lowest BCUT2D eigenvalue weighted by molar-refractivity contribution is 0.586. The minimum atomic E-state index is 0.834. The van der Waals surface area contributed by atoms with E-state index in [1.807, 2.05) is 11.8 Å². The summed E-state index contributed by atoms with van der Waals surface area (Å²) in [6.45, 7) is 4.64.